The summed E-state index contributed by atoms with van der Waals surface area (Å²) in [6.07, 6.45) is 13.6. The Hall–Kier alpha value is -0.938. The Bertz CT molecular complexity index is 1130. The second-order valence-electron chi connectivity index (χ2n) is 9.06. The van der Waals surface area contributed by atoms with Crippen LogP contribution in [0.15, 0.2) is 71.8 Å². The Morgan fingerprint density at radius 3 is 1.54 bits per heavy atom. The molecule has 0 saturated heterocycles. The van der Waals surface area contributed by atoms with Crippen LogP contribution in [0.2, 0.25) is 0 Å². The van der Waals surface area contributed by atoms with Gasteiger partial charge in [-0.05, 0) is 75.8 Å². The van der Waals surface area contributed by atoms with Gasteiger partial charge in [0.15, 0.2) is 0 Å². The van der Waals surface area contributed by atoms with Crippen LogP contribution in [0.3, 0.4) is 0 Å². The SMILES string of the molecule is CC.CC.C[CH-]C1=CC=C(c2ccc3c(c2)-c2cc(C4=CC=C(C(C)C(C)C)C4)ccc2-3)C1.[CH3-].[CH3-].[W].[Y+3]. The van der Waals surface area contributed by atoms with E-state index in [-0.39, 0.29) is 68.6 Å². The Morgan fingerprint density at radius 2 is 1.11 bits per heavy atom. The molecule has 0 amide bonds. The molecule has 0 fully saturated rings. The van der Waals surface area contributed by atoms with Crippen LogP contribution in [0.25, 0.3) is 33.4 Å². The van der Waals surface area contributed by atoms with Crippen molar-refractivity contribution in [2.45, 2.75) is 68.2 Å². The molecule has 3 aliphatic rings. The number of hydrogen-bond donors (Lipinski definition) is 0. The van der Waals surface area contributed by atoms with Gasteiger partial charge in [-0.3, -0.25) is 0 Å². The van der Waals surface area contributed by atoms with E-state index >= 15 is 0 Å². The summed E-state index contributed by atoms with van der Waals surface area (Å²) in [7, 11) is 0. The van der Waals surface area contributed by atoms with Gasteiger partial charge in [0.05, 0.1) is 0 Å². The van der Waals surface area contributed by atoms with Gasteiger partial charge in [0.1, 0.15) is 0 Å². The summed E-state index contributed by atoms with van der Waals surface area (Å²) < 4.78 is 0. The Labute approximate surface area is 269 Å². The monoisotopic (exact) mass is 740 g/mol. The molecule has 2 heteroatoms. The molecule has 5 rings (SSSR count). The Balaban J connectivity index is 0. The van der Waals surface area contributed by atoms with E-state index in [1.807, 2.05) is 27.7 Å². The first-order valence-corrected chi connectivity index (χ1v) is 12.9. The zero-order valence-electron chi connectivity index (χ0n) is 24.9. The van der Waals surface area contributed by atoms with Crippen molar-refractivity contribution in [1.29, 1.82) is 0 Å². The maximum atomic E-state index is 2.41. The molecule has 196 valence electrons. The van der Waals surface area contributed by atoms with E-state index in [1.165, 1.54) is 50.1 Å². The van der Waals surface area contributed by atoms with Gasteiger partial charge in [-0.15, -0.1) is 13.0 Å². The molecular weight excluding hydrogens is 693 g/mol. The molecule has 0 radical (unpaired) electrons. The third kappa shape index (κ3) is 8.04. The summed E-state index contributed by atoms with van der Waals surface area (Å²) in [4.78, 5) is 0. The molecule has 2 aromatic rings. The van der Waals surface area contributed by atoms with Crippen molar-refractivity contribution < 1.29 is 53.8 Å². The summed E-state index contributed by atoms with van der Waals surface area (Å²) in [5.74, 6) is 1.35. The van der Waals surface area contributed by atoms with Gasteiger partial charge in [0.25, 0.3) is 0 Å². The van der Waals surface area contributed by atoms with Crippen LogP contribution in [-0.2, 0) is 53.8 Å². The fourth-order valence-corrected chi connectivity index (χ4v) is 4.77. The normalized spacial score (nSPS) is 14.2. The van der Waals surface area contributed by atoms with Crippen molar-refractivity contribution in [3.63, 3.8) is 0 Å². The van der Waals surface area contributed by atoms with Crippen LogP contribution < -0.4 is 0 Å². The molecule has 0 aliphatic heterocycles. The molecule has 0 nitrogen and oxygen atoms in total. The van der Waals surface area contributed by atoms with Crippen molar-refractivity contribution in [3.05, 3.63) is 104 Å². The largest absolute Gasteiger partial charge is 3.00 e. The third-order valence-electron chi connectivity index (χ3n) is 7.10. The number of rotatable bonds is 5. The molecule has 1 unspecified atom stereocenters. The van der Waals surface area contributed by atoms with Gasteiger partial charge in [-0.1, -0.05) is 96.0 Å². The predicted molar refractivity (Wildman–Crippen MR) is 162 cm³/mol. The Kier molecular flexibility index (Phi) is 18.2. The molecule has 0 spiro atoms. The van der Waals surface area contributed by atoms with Gasteiger partial charge in [0, 0.05) is 21.1 Å². The van der Waals surface area contributed by atoms with Crippen molar-refractivity contribution in [2.75, 3.05) is 0 Å². The predicted octanol–water partition coefficient (Wildman–Crippen LogP) is 11.2. The second-order valence-corrected chi connectivity index (χ2v) is 9.06. The minimum atomic E-state index is 0. The first-order chi connectivity index (χ1) is 16.0. The van der Waals surface area contributed by atoms with Gasteiger partial charge in [-0.2, -0.15) is 0 Å². The van der Waals surface area contributed by atoms with Crippen LogP contribution in [0.4, 0.5) is 0 Å². The van der Waals surface area contributed by atoms with Crippen LogP contribution in [0, 0.1) is 33.1 Å². The molecule has 0 heterocycles. The number of benzene rings is 2. The molecule has 0 bridgehead atoms. The molecule has 3 aliphatic carbocycles. The maximum absolute atomic E-state index is 2.41. The topological polar surface area (TPSA) is 0 Å². The van der Waals surface area contributed by atoms with E-state index in [0.717, 1.165) is 12.8 Å². The van der Waals surface area contributed by atoms with Crippen molar-refractivity contribution in [3.8, 4) is 22.3 Å². The summed E-state index contributed by atoms with van der Waals surface area (Å²) in [6, 6.07) is 14.0. The zero-order valence-corrected chi connectivity index (χ0v) is 30.7. The molecule has 1 atom stereocenters. The molecule has 37 heavy (non-hydrogen) atoms. The minimum Gasteiger partial charge on any atom is -0.358 e. The van der Waals surface area contributed by atoms with Gasteiger partial charge in [0.2, 0.25) is 0 Å². The van der Waals surface area contributed by atoms with E-state index in [4.69, 9.17) is 0 Å². The van der Waals surface area contributed by atoms with E-state index in [9.17, 15) is 0 Å². The smallest absolute Gasteiger partial charge is 0.358 e. The van der Waals surface area contributed by atoms with Gasteiger partial charge < -0.3 is 14.9 Å². The fourth-order valence-electron chi connectivity index (χ4n) is 4.77. The number of fused-ring (bicyclic) bond motifs is 4. The third-order valence-corrected chi connectivity index (χ3v) is 7.10. The Morgan fingerprint density at radius 1 is 0.649 bits per heavy atom. The molecule has 0 saturated carbocycles. The average Bonchev–Trinajstić information content (AvgIpc) is 3.54. The van der Waals surface area contributed by atoms with E-state index in [2.05, 4.69) is 94.8 Å². The van der Waals surface area contributed by atoms with Crippen molar-refractivity contribution in [2.24, 2.45) is 11.8 Å². The average molecular weight is 741 g/mol. The standard InChI is InChI=1S/C29H29.2C2H6.2CH3.W.Y/c1-5-20-6-7-22(14-20)24-10-12-26-27-13-11-25(17-29(27)28(26)16-24)23-9-8-21(15-23)19(4)18(2)3;2*1-2;;;;/h5-13,16-19H,14-15H2,1-4H3;2*1-2H3;2*1H3;;/q-1;;;2*-1;;+3. The first kappa shape index (κ1) is 38.2. The minimum absolute atomic E-state index is 0. The quantitative estimate of drug-likeness (QED) is 0.229. The molecule has 0 N–H and O–H groups in total. The number of allylic oxidation sites excluding steroid dienone is 8. The van der Waals surface area contributed by atoms with Crippen LogP contribution in [-0.4, -0.2) is 0 Å². The zero-order chi connectivity index (χ0) is 24.1. The van der Waals surface area contributed by atoms with Gasteiger partial charge >= 0.3 is 32.7 Å². The van der Waals surface area contributed by atoms with Gasteiger partial charge in [-0.25, -0.2) is 18.1 Å². The summed E-state index contributed by atoms with van der Waals surface area (Å²) in [5, 5.41) is 0. The second kappa shape index (κ2) is 17.6. The fraction of sp³-hybridized carbons (Fsp3) is 0.343. The van der Waals surface area contributed by atoms with Crippen LogP contribution in [0.5, 0.6) is 0 Å². The van der Waals surface area contributed by atoms with E-state index in [0.29, 0.717) is 11.8 Å². The van der Waals surface area contributed by atoms with Crippen LogP contribution >= 0.6 is 0 Å². The summed E-state index contributed by atoms with van der Waals surface area (Å²) in [5.41, 5.74) is 14.3. The van der Waals surface area contributed by atoms with E-state index in [1.54, 1.807) is 5.57 Å². The summed E-state index contributed by atoms with van der Waals surface area (Å²) >= 11 is 0. The molecule has 0 aromatic heterocycles. The first-order valence-electron chi connectivity index (χ1n) is 12.9. The molecule has 2 aromatic carbocycles. The molecular formula is C35H47WY. The van der Waals surface area contributed by atoms with Crippen molar-refractivity contribution >= 4 is 11.1 Å². The van der Waals surface area contributed by atoms with E-state index < -0.39 is 0 Å². The number of hydrogen-bond acceptors (Lipinski definition) is 0. The van der Waals surface area contributed by atoms with Crippen LogP contribution in [0.1, 0.15) is 79.4 Å². The maximum Gasteiger partial charge on any atom is 3.00 e. The van der Waals surface area contributed by atoms with Crippen molar-refractivity contribution in [1.82, 2.24) is 0 Å². The summed E-state index contributed by atoms with van der Waals surface area (Å²) in [6.45, 7) is 17.1.